The van der Waals surface area contributed by atoms with E-state index in [2.05, 4.69) is 47.1 Å². The van der Waals surface area contributed by atoms with Crippen molar-refractivity contribution in [3.05, 3.63) is 81.6 Å². The summed E-state index contributed by atoms with van der Waals surface area (Å²) in [5, 5.41) is 4.60. The predicted molar refractivity (Wildman–Crippen MR) is 139 cm³/mol. The molecule has 7 nitrogen and oxygen atoms in total. The summed E-state index contributed by atoms with van der Waals surface area (Å²) in [5.74, 6) is -0.445. The Balaban J connectivity index is 1.49. The number of nitrogens with one attached hydrogen (secondary N) is 1. The van der Waals surface area contributed by atoms with E-state index in [1.165, 1.54) is 39.7 Å². The highest BCUT2D eigenvalue weighted by Gasteiger charge is 2.39. The molecule has 0 saturated carbocycles. The summed E-state index contributed by atoms with van der Waals surface area (Å²) in [6.45, 7) is 8.48. The van der Waals surface area contributed by atoms with Gasteiger partial charge in [-0.3, -0.25) is 4.79 Å². The largest absolute Gasteiger partial charge is 0.318 e. The number of hydrazone groups is 1. The second kappa shape index (κ2) is 9.97. The zero-order valence-corrected chi connectivity index (χ0v) is 21.8. The van der Waals surface area contributed by atoms with Crippen LogP contribution in [-0.4, -0.2) is 42.0 Å². The van der Waals surface area contributed by atoms with Crippen molar-refractivity contribution in [3.63, 3.8) is 0 Å². The highest BCUT2D eigenvalue weighted by atomic mass is 35.5. The van der Waals surface area contributed by atoms with E-state index in [0.29, 0.717) is 17.9 Å². The van der Waals surface area contributed by atoms with Crippen molar-refractivity contribution in [1.82, 2.24) is 14.3 Å². The van der Waals surface area contributed by atoms with E-state index in [9.17, 15) is 13.2 Å². The first kappa shape index (κ1) is 25.2. The summed E-state index contributed by atoms with van der Waals surface area (Å²) >= 11 is 5.89. The number of carbonyl (C=O) groups excluding carboxylic acids is 1. The van der Waals surface area contributed by atoms with E-state index >= 15 is 0 Å². The van der Waals surface area contributed by atoms with E-state index < -0.39 is 22.0 Å². The molecular weight excluding hydrogens is 484 g/mol. The first-order valence-electron chi connectivity index (χ1n) is 11.5. The molecule has 1 saturated heterocycles. The van der Waals surface area contributed by atoms with E-state index in [-0.39, 0.29) is 11.4 Å². The lowest BCUT2D eigenvalue weighted by Crippen LogP contribution is -2.44. The number of halogens is 1. The molecule has 2 aromatic carbocycles. The number of hydrogen-bond acceptors (Lipinski definition) is 4. The maximum Gasteiger partial charge on any atom is 0.258 e. The minimum atomic E-state index is -3.81. The molecule has 1 N–H and O–H groups in total. The van der Waals surface area contributed by atoms with Gasteiger partial charge in [0.15, 0.2) is 0 Å². The Hall–Kier alpha value is -2.94. The average Bonchev–Trinajstić information content (AvgIpc) is 3.41. The summed E-state index contributed by atoms with van der Waals surface area (Å²) in [5.41, 5.74) is 8.98. The van der Waals surface area contributed by atoms with Crippen molar-refractivity contribution in [3.8, 4) is 5.69 Å². The molecule has 35 heavy (non-hydrogen) atoms. The maximum atomic E-state index is 13.1. The first-order chi connectivity index (χ1) is 16.6. The monoisotopic (exact) mass is 512 g/mol. The summed E-state index contributed by atoms with van der Waals surface area (Å²) in [7, 11) is -3.81. The van der Waals surface area contributed by atoms with Gasteiger partial charge in [-0.25, -0.2) is 13.8 Å². The Labute approximate surface area is 211 Å². The van der Waals surface area contributed by atoms with Crippen molar-refractivity contribution in [2.75, 3.05) is 6.54 Å². The van der Waals surface area contributed by atoms with E-state index in [1.54, 1.807) is 6.21 Å². The quantitative estimate of drug-likeness (QED) is 0.385. The zero-order chi connectivity index (χ0) is 25.3. The lowest BCUT2D eigenvalue weighted by molar-refractivity contribution is -0.124. The van der Waals surface area contributed by atoms with Crippen LogP contribution in [0.25, 0.3) is 5.69 Å². The number of aryl methyl sites for hydroxylation is 3. The van der Waals surface area contributed by atoms with Crippen LogP contribution in [0.1, 0.15) is 40.9 Å². The number of carbonyl (C=O) groups is 1. The Bertz CT molecular complexity index is 1390. The molecule has 1 atom stereocenters. The maximum absolute atomic E-state index is 13.1. The molecule has 1 aliphatic heterocycles. The highest BCUT2D eigenvalue weighted by molar-refractivity contribution is 7.89. The fraction of sp³-hybridized carbons (Fsp3) is 0.308. The van der Waals surface area contributed by atoms with Crippen molar-refractivity contribution < 1.29 is 13.2 Å². The fourth-order valence-corrected chi connectivity index (χ4v) is 6.23. The van der Waals surface area contributed by atoms with Gasteiger partial charge in [0, 0.05) is 34.2 Å². The van der Waals surface area contributed by atoms with Gasteiger partial charge in [0.1, 0.15) is 6.04 Å². The van der Waals surface area contributed by atoms with Crippen molar-refractivity contribution in [2.24, 2.45) is 5.10 Å². The number of amides is 1. The van der Waals surface area contributed by atoms with Crippen LogP contribution >= 0.6 is 11.6 Å². The molecule has 0 spiro atoms. The lowest BCUT2D eigenvalue weighted by atomic mass is 10.1. The van der Waals surface area contributed by atoms with Gasteiger partial charge in [0.2, 0.25) is 10.0 Å². The standard InChI is InChI=1S/C26H29ClN4O3S/c1-17-7-10-23(14-18(17)2)31-19(3)15-21(20(31)4)16-28-29-26(32)25-6-5-13-30(25)35(33,34)24-11-8-22(27)9-12-24/h7-12,14-16,25H,5-6,13H2,1-4H3,(H,29,32)/b28-16-/t25-/m0/s1. The molecule has 0 radical (unpaired) electrons. The average molecular weight is 513 g/mol. The fourth-order valence-electron chi connectivity index (χ4n) is 4.45. The Morgan fingerprint density at radius 1 is 1.06 bits per heavy atom. The highest BCUT2D eigenvalue weighted by Crippen LogP contribution is 2.27. The third kappa shape index (κ3) is 5.05. The molecule has 0 bridgehead atoms. The Morgan fingerprint density at radius 3 is 2.46 bits per heavy atom. The molecule has 1 aliphatic rings. The third-order valence-electron chi connectivity index (χ3n) is 6.52. The van der Waals surface area contributed by atoms with Crippen molar-refractivity contribution in [2.45, 2.75) is 51.5 Å². The molecule has 0 unspecified atom stereocenters. The second-order valence-corrected chi connectivity index (χ2v) is 11.2. The molecule has 0 aliphatic carbocycles. The smallest absolute Gasteiger partial charge is 0.258 e. The zero-order valence-electron chi connectivity index (χ0n) is 20.2. The van der Waals surface area contributed by atoms with Crippen LogP contribution in [-0.2, 0) is 14.8 Å². The van der Waals surface area contributed by atoms with Crippen molar-refractivity contribution >= 4 is 33.7 Å². The van der Waals surface area contributed by atoms with E-state index in [0.717, 1.165) is 22.6 Å². The molecule has 184 valence electrons. The van der Waals surface area contributed by atoms with Crippen LogP contribution in [0.4, 0.5) is 0 Å². The number of nitrogens with zero attached hydrogens (tertiary/aromatic N) is 3. The van der Waals surface area contributed by atoms with Gasteiger partial charge >= 0.3 is 0 Å². The Kier molecular flexibility index (Phi) is 7.17. The number of benzene rings is 2. The number of aromatic nitrogens is 1. The van der Waals surface area contributed by atoms with Crippen LogP contribution < -0.4 is 5.43 Å². The van der Waals surface area contributed by atoms with Crippen LogP contribution in [0.15, 0.2) is 58.5 Å². The summed E-state index contributed by atoms with van der Waals surface area (Å²) in [4.78, 5) is 13.0. The minimum Gasteiger partial charge on any atom is -0.318 e. The van der Waals surface area contributed by atoms with Gasteiger partial charge in [-0.05, 0) is 94.1 Å². The minimum absolute atomic E-state index is 0.115. The van der Waals surface area contributed by atoms with Crippen LogP contribution in [0, 0.1) is 27.7 Å². The molecule has 4 rings (SSSR count). The molecule has 2 heterocycles. The molecule has 1 fully saturated rings. The van der Waals surface area contributed by atoms with Crippen LogP contribution in [0.2, 0.25) is 5.02 Å². The van der Waals surface area contributed by atoms with E-state index in [4.69, 9.17) is 11.6 Å². The van der Waals surface area contributed by atoms with Gasteiger partial charge in [-0.1, -0.05) is 17.7 Å². The molecule has 3 aromatic rings. The van der Waals surface area contributed by atoms with E-state index in [1.807, 2.05) is 19.9 Å². The number of hydrogen-bond donors (Lipinski definition) is 1. The topological polar surface area (TPSA) is 83.8 Å². The Morgan fingerprint density at radius 2 is 1.77 bits per heavy atom. The molecule has 1 amide bonds. The van der Waals surface area contributed by atoms with Crippen molar-refractivity contribution in [1.29, 1.82) is 0 Å². The SMILES string of the molecule is Cc1ccc(-n2c(C)cc(/C=N\NC(=O)[C@@H]3CCCN3S(=O)(=O)c3ccc(Cl)cc3)c2C)cc1C. The van der Waals surface area contributed by atoms with Gasteiger partial charge in [0.25, 0.3) is 5.91 Å². The van der Waals surface area contributed by atoms with Crippen LogP contribution in [0.5, 0.6) is 0 Å². The molecule has 1 aromatic heterocycles. The first-order valence-corrected chi connectivity index (χ1v) is 13.3. The number of sulfonamides is 1. The summed E-state index contributed by atoms with van der Waals surface area (Å²) in [6.07, 6.45) is 2.64. The van der Waals surface area contributed by atoms with Crippen LogP contribution in [0.3, 0.4) is 0 Å². The summed E-state index contributed by atoms with van der Waals surface area (Å²) < 4.78 is 29.6. The van der Waals surface area contributed by atoms with Gasteiger partial charge < -0.3 is 4.57 Å². The molecular formula is C26H29ClN4O3S. The number of rotatable bonds is 6. The molecule has 9 heteroatoms. The third-order valence-corrected chi connectivity index (χ3v) is 8.70. The van der Waals surface area contributed by atoms with Gasteiger partial charge in [-0.15, -0.1) is 0 Å². The van der Waals surface area contributed by atoms with Gasteiger partial charge in [0.05, 0.1) is 11.1 Å². The summed E-state index contributed by atoms with van der Waals surface area (Å²) in [6, 6.07) is 13.5. The van der Waals surface area contributed by atoms with Gasteiger partial charge in [-0.2, -0.15) is 9.41 Å². The second-order valence-electron chi connectivity index (χ2n) is 8.89. The lowest BCUT2D eigenvalue weighted by Gasteiger charge is -2.22. The predicted octanol–water partition coefficient (Wildman–Crippen LogP) is 4.67. The normalized spacial score (nSPS) is 16.8.